The van der Waals surface area contributed by atoms with E-state index in [1.807, 2.05) is 12.1 Å². The van der Waals surface area contributed by atoms with Crippen molar-refractivity contribution >= 4 is 21.6 Å². The fourth-order valence-electron chi connectivity index (χ4n) is 2.30. The van der Waals surface area contributed by atoms with Crippen molar-refractivity contribution in [3.8, 4) is 0 Å². The van der Waals surface area contributed by atoms with Gasteiger partial charge in [0.2, 0.25) is 0 Å². The largest absolute Gasteiger partial charge is 0.467 e. The predicted octanol–water partition coefficient (Wildman–Crippen LogP) is 3.67. The minimum Gasteiger partial charge on any atom is -0.467 e. The van der Waals surface area contributed by atoms with E-state index in [2.05, 4.69) is 39.0 Å². The quantitative estimate of drug-likeness (QED) is 0.914. The Labute approximate surface area is 121 Å². The molecule has 0 aliphatic heterocycles. The van der Waals surface area contributed by atoms with E-state index in [4.69, 9.17) is 10.2 Å². The van der Waals surface area contributed by atoms with Gasteiger partial charge in [0.05, 0.1) is 12.8 Å². The maximum Gasteiger partial charge on any atom is 0.123 e. The molecule has 3 rings (SSSR count). The number of furan rings is 1. The number of rotatable bonds is 5. The van der Waals surface area contributed by atoms with Gasteiger partial charge in [0.15, 0.2) is 0 Å². The summed E-state index contributed by atoms with van der Waals surface area (Å²) in [6.45, 7) is 1.38. The van der Waals surface area contributed by atoms with Crippen LogP contribution >= 0.6 is 15.9 Å². The summed E-state index contributed by atoms with van der Waals surface area (Å²) in [5.41, 5.74) is 8.12. The maximum absolute atomic E-state index is 5.76. The van der Waals surface area contributed by atoms with Gasteiger partial charge in [-0.15, -0.1) is 0 Å². The SMILES string of the molecule is NCc1cc(Br)cc(N(Cc2ccco2)C2CC2)c1. The zero-order chi connectivity index (χ0) is 13.2. The minimum atomic E-state index is 0.561. The molecule has 1 aromatic heterocycles. The van der Waals surface area contributed by atoms with Crippen LogP contribution in [0.1, 0.15) is 24.2 Å². The lowest BCUT2D eigenvalue weighted by atomic mass is 10.2. The van der Waals surface area contributed by atoms with Gasteiger partial charge in [0, 0.05) is 22.7 Å². The maximum atomic E-state index is 5.76. The smallest absolute Gasteiger partial charge is 0.123 e. The van der Waals surface area contributed by atoms with Crippen molar-refractivity contribution < 1.29 is 4.42 Å². The van der Waals surface area contributed by atoms with Gasteiger partial charge in [-0.1, -0.05) is 15.9 Å². The van der Waals surface area contributed by atoms with Crippen molar-refractivity contribution in [2.24, 2.45) is 5.73 Å². The van der Waals surface area contributed by atoms with Crippen LogP contribution in [0, 0.1) is 0 Å². The molecule has 0 amide bonds. The zero-order valence-corrected chi connectivity index (χ0v) is 12.3. The van der Waals surface area contributed by atoms with Crippen LogP contribution in [0.15, 0.2) is 45.5 Å². The standard InChI is InChI=1S/C15H17BrN2O/c16-12-6-11(9-17)7-14(8-12)18(13-3-4-13)10-15-2-1-5-19-15/h1-2,5-8,13H,3-4,9-10,17H2. The second-order valence-electron chi connectivity index (χ2n) is 4.96. The second kappa shape index (κ2) is 5.39. The van der Waals surface area contributed by atoms with Crippen molar-refractivity contribution in [3.05, 3.63) is 52.4 Å². The van der Waals surface area contributed by atoms with Crippen molar-refractivity contribution in [2.75, 3.05) is 4.90 Å². The molecule has 0 atom stereocenters. The van der Waals surface area contributed by atoms with Crippen LogP contribution < -0.4 is 10.6 Å². The lowest BCUT2D eigenvalue weighted by molar-refractivity contribution is 0.501. The van der Waals surface area contributed by atoms with Gasteiger partial charge in [-0.2, -0.15) is 0 Å². The normalized spacial score (nSPS) is 14.6. The first-order valence-corrected chi connectivity index (χ1v) is 7.34. The Morgan fingerprint density at radius 3 is 2.79 bits per heavy atom. The molecule has 0 bridgehead atoms. The number of benzene rings is 1. The third-order valence-corrected chi connectivity index (χ3v) is 3.86. The molecule has 2 aromatic rings. The van der Waals surface area contributed by atoms with Crippen LogP contribution in [-0.2, 0) is 13.1 Å². The Balaban J connectivity index is 1.89. The zero-order valence-electron chi connectivity index (χ0n) is 10.7. The Morgan fingerprint density at radius 1 is 1.32 bits per heavy atom. The lowest BCUT2D eigenvalue weighted by Crippen LogP contribution is -2.25. The molecule has 1 fully saturated rings. The van der Waals surface area contributed by atoms with Crippen LogP contribution in [0.5, 0.6) is 0 Å². The predicted molar refractivity (Wildman–Crippen MR) is 79.9 cm³/mol. The average molecular weight is 321 g/mol. The van der Waals surface area contributed by atoms with Crippen molar-refractivity contribution in [1.82, 2.24) is 0 Å². The molecule has 0 radical (unpaired) electrons. The Hall–Kier alpha value is -1.26. The summed E-state index contributed by atoms with van der Waals surface area (Å²) >= 11 is 3.56. The third-order valence-electron chi connectivity index (χ3n) is 3.40. The molecule has 1 heterocycles. The van der Waals surface area contributed by atoms with Crippen LogP contribution in [-0.4, -0.2) is 6.04 Å². The van der Waals surface area contributed by atoms with Gasteiger partial charge < -0.3 is 15.1 Å². The number of halogens is 1. The summed E-state index contributed by atoms with van der Waals surface area (Å²) in [6.07, 6.45) is 4.24. The van der Waals surface area contributed by atoms with E-state index >= 15 is 0 Å². The summed E-state index contributed by atoms with van der Waals surface area (Å²) in [4.78, 5) is 2.41. The monoisotopic (exact) mass is 320 g/mol. The number of nitrogens with zero attached hydrogens (tertiary/aromatic N) is 1. The van der Waals surface area contributed by atoms with E-state index in [0.29, 0.717) is 12.6 Å². The molecule has 4 heteroatoms. The molecule has 100 valence electrons. The molecule has 19 heavy (non-hydrogen) atoms. The second-order valence-corrected chi connectivity index (χ2v) is 5.88. The first-order chi connectivity index (χ1) is 9.26. The average Bonchev–Trinajstić information content (AvgIpc) is 3.12. The van der Waals surface area contributed by atoms with E-state index in [0.717, 1.165) is 22.3 Å². The van der Waals surface area contributed by atoms with E-state index < -0.39 is 0 Å². The number of hydrogen-bond donors (Lipinski definition) is 1. The Morgan fingerprint density at radius 2 is 2.16 bits per heavy atom. The molecule has 2 N–H and O–H groups in total. The summed E-state index contributed by atoms with van der Waals surface area (Å²) in [6, 6.07) is 11.0. The highest BCUT2D eigenvalue weighted by Crippen LogP contribution is 2.35. The van der Waals surface area contributed by atoms with Gasteiger partial charge in [0.25, 0.3) is 0 Å². The first kappa shape index (κ1) is 12.8. The molecule has 0 saturated heterocycles. The fourth-order valence-corrected chi connectivity index (χ4v) is 2.83. The summed E-state index contributed by atoms with van der Waals surface area (Å²) in [7, 11) is 0. The highest BCUT2D eigenvalue weighted by molar-refractivity contribution is 9.10. The van der Waals surface area contributed by atoms with E-state index in [-0.39, 0.29) is 0 Å². The molecular weight excluding hydrogens is 304 g/mol. The Bertz CT molecular complexity index is 549. The number of anilines is 1. The molecule has 1 aromatic carbocycles. The molecule has 0 unspecified atom stereocenters. The summed E-state index contributed by atoms with van der Waals surface area (Å²) in [5.74, 6) is 1.00. The topological polar surface area (TPSA) is 42.4 Å². The summed E-state index contributed by atoms with van der Waals surface area (Å²) in [5, 5.41) is 0. The van der Waals surface area contributed by atoms with Gasteiger partial charge in [-0.3, -0.25) is 0 Å². The van der Waals surface area contributed by atoms with Crippen LogP contribution in [0.25, 0.3) is 0 Å². The Kier molecular flexibility index (Phi) is 3.62. The molecule has 1 aliphatic rings. The molecule has 3 nitrogen and oxygen atoms in total. The molecule has 1 saturated carbocycles. The molecule has 1 aliphatic carbocycles. The molecular formula is C15H17BrN2O. The highest BCUT2D eigenvalue weighted by atomic mass is 79.9. The lowest BCUT2D eigenvalue weighted by Gasteiger charge is -2.24. The van der Waals surface area contributed by atoms with E-state index in [1.54, 1.807) is 6.26 Å². The number of nitrogens with two attached hydrogens (primary N) is 1. The fraction of sp³-hybridized carbons (Fsp3) is 0.333. The number of hydrogen-bond acceptors (Lipinski definition) is 3. The van der Waals surface area contributed by atoms with Crippen LogP contribution in [0.2, 0.25) is 0 Å². The van der Waals surface area contributed by atoms with Crippen molar-refractivity contribution in [1.29, 1.82) is 0 Å². The van der Waals surface area contributed by atoms with Gasteiger partial charge >= 0.3 is 0 Å². The minimum absolute atomic E-state index is 0.561. The summed E-state index contributed by atoms with van der Waals surface area (Å²) < 4.78 is 6.55. The first-order valence-electron chi connectivity index (χ1n) is 6.55. The van der Waals surface area contributed by atoms with Gasteiger partial charge in [-0.25, -0.2) is 0 Å². The highest BCUT2D eigenvalue weighted by Gasteiger charge is 2.30. The van der Waals surface area contributed by atoms with Crippen molar-refractivity contribution in [3.63, 3.8) is 0 Å². The van der Waals surface area contributed by atoms with Gasteiger partial charge in [0.1, 0.15) is 5.76 Å². The molecule has 0 spiro atoms. The van der Waals surface area contributed by atoms with Crippen LogP contribution in [0.4, 0.5) is 5.69 Å². The van der Waals surface area contributed by atoms with Crippen LogP contribution in [0.3, 0.4) is 0 Å². The van der Waals surface area contributed by atoms with Crippen molar-refractivity contribution in [2.45, 2.75) is 32.0 Å². The van der Waals surface area contributed by atoms with E-state index in [9.17, 15) is 0 Å². The van der Waals surface area contributed by atoms with Gasteiger partial charge in [-0.05, 0) is 48.7 Å². The third kappa shape index (κ3) is 3.01. The van der Waals surface area contributed by atoms with E-state index in [1.165, 1.54) is 18.5 Å².